The van der Waals surface area contributed by atoms with Crippen molar-refractivity contribution in [2.75, 3.05) is 20.3 Å². The van der Waals surface area contributed by atoms with Crippen molar-refractivity contribution >= 4 is 0 Å². The molecule has 0 rings (SSSR count). The molecule has 0 aliphatic carbocycles. The Morgan fingerprint density at radius 3 is 2.30 bits per heavy atom. The average Bonchev–Trinajstić information content (AvgIpc) is 1.85. The van der Waals surface area contributed by atoms with Gasteiger partial charge in [0.2, 0.25) is 0 Å². The van der Waals surface area contributed by atoms with Gasteiger partial charge in [-0.05, 0) is 13.8 Å². The second-order valence-electron chi connectivity index (χ2n) is 2.58. The Morgan fingerprint density at radius 2 is 1.90 bits per heavy atom. The Kier molecular flexibility index (Phi) is 5.58. The lowest BCUT2D eigenvalue weighted by molar-refractivity contribution is 0.00509. The zero-order chi connectivity index (χ0) is 7.98. The molecule has 0 spiro atoms. The monoisotopic (exact) mass is 147 g/mol. The van der Waals surface area contributed by atoms with Gasteiger partial charge in [-0.2, -0.15) is 0 Å². The quantitative estimate of drug-likeness (QED) is 0.611. The molecule has 0 aliphatic heterocycles. The zero-order valence-electron chi connectivity index (χ0n) is 6.96. The Bertz CT molecular complexity index is 76.0. The maximum absolute atomic E-state index is 5.47. The number of methoxy groups -OCH3 is 1. The number of rotatable bonds is 5. The van der Waals surface area contributed by atoms with Gasteiger partial charge < -0.3 is 15.2 Å². The number of hydrogen-bond acceptors (Lipinski definition) is 3. The highest BCUT2D eigenvalue weighted by Crippen LogP contribution is 1.91. The van der Waals surface area contributed by atoms with Crippen LogP contribution in [-0.4, -0.2) is 32.5 Å². The van der Waals surface area contributed by atoms with Gasteiger partial charge in [-0.3, -0.25) is 0 Å². The van der Waals surface area contributed by atoms with Crippen molar-refractivity contribution in [2.45, 2.75) is 26.0 Å². The summed E-state index contributed by atoms with van der Waals surface area (Å²) in [5, 5.41) is 0. The second-order valence-corrected chi connectivity index (χ2v) is 2.58. The highest BCUT2D eigenvalue weighted by molar-refractivity contribution is 4.52. The van der Waals surface area contributed by atoms with Gasteiger partial charge in [0.15, 0.2) is 0 Å². The maximum atomic E-state index is 5.47. The van der Waals surface area contributed by atoms with Gasteiger partial charge >= 0.3 is 0 Å². The number of hydrogen-bond donors (Lipinski definition) is 1. The summed E-state index contributed by atoms with van der Waals surface area (Å²) < 4.78 is 10.2. The molecule has 1 unspecified atom stereocenters. The summed E-state index contributed by atoms with van der Waals surface area (Å²) in [4.78, 5) is 0. The molecule has 0 bridgehead atoms. The molecule has 0 aromatic carbocycles. The molecule has 62 valence electrons. The first-order valence-corrected chi connectivity index (χ1v) is 3.53. The molecule has 0 heterocycles. The maximum Gasteiger partial charge on any atom is 0.0781 e. The summed E-state index contributed by atoms with van der Waals surface area (Å²) in [5.41, 5.74) is 5.47. The van der Waals surface area contributed by atoms with Crippen molar-refractivity contribution in [3.63, 3.8) is 0 Å². The van der Waals surface area contributed by atoms with Crippen LogP contribution in [0.25, 0.3) is 0 Å². The molecule has 3 heteroatoms. The minimum Gasteiger partial charge on any atom is -0.382 e. The largest absolute Gasteiger partial charge is 0.382 e. The van der Waals surface area contributed by atoms with E-state index in [-0.39, 0.29) is 12.1 Å². The van der Waals surface area contributed by atoms with Gasteiger partial charge in [0.05, 0.1) is 19.3 Å². The number of ether oxygens (including phenoxy) is 2. The van der Waals surface area contributed by atoms with Crippen molar-refractivity contribution < 1.29 is 9.47 Å². The molecule has 2 atom stereocenters. The highest BCUT2D eigenvalue weighted by Gasteiger charge is 2.01. The lowest BCUT2D eigenvalue weighted by Gasteiger charge is -2.13. The van der Waals surface area contributed by atoms with Crippen LogP contribution in [0, 0.1) is 0 Å². The van der Waals surface area contributed by atoms with Crippen molar-refractivity contribution in [3.05, 3.63) is 0 Å². The summed E-state index contributed by atoms with van der Waals surface area (Å²) in [7, 11) is 1.66. The van der Waals surface area contributed by atoms with Gasteiger partial charge in [0.25, 0.3) is 0 Å². The fourth-order valence-corrected chi connectivity index (χ4v) is 0.599. The molecular weight excluding hydrogens is 130 g/mol. The molecule has 0 saturated heterocycles. The molecule has 2 N–H and O–H groups in total. The van der Waals surface area contributed by atoms with Crippen LogP contribution in [0.1, 0.15) is 13.8 Å². The van der Waals surface area contributed by atoms with Crippen molar-refractivity contribution in [2.24, 2.45) is 5.73 Å². The van der Waals surface area contributed by atoms with E-state index in [1.54, 1.807) is 7.11 Å². The Hall–Kier alpha value is -0.120. The van der Waals surface area contributed by atoms with E-state index in [9.17, 15) is 0 Å². The Labute approximate surface area is 62.5 Å². The van der Waals surface area contributed by atoms with E-state index in [1.165, 1.54) is 0 Å². The second kappa shape index (κ2) is 5.65. The lowest BCUT2D eigenvalue weighted by atomic mass is 10.4. The summed E-state index contributed by atoms with van der Waals surface area (Å²) in [6.45, 7) is 5.11. The van der Waals surface area contributed by atoms with Gasteiger partial charge in [-0.25, -0.2) is 0 Å². The minimum atomic E-state index is 0.110. The molecule has 0 radical (unpaired) electrons. The van der Waals surface area contributed by atoms with Crippen LogP contribution in [0.15, 0.2) is 0 Å². The molecule has 0 aromatic rings. The third-order valence-corrected chi connectivity index (χ3v) is 1.05. The van der Waals surface area contributed by atoms with Gasteiger partial charge in [-0.1, -0.05) is 0 Å². The van der Waals surface area contributed by atoms with Crippen LogP contribution in [0.4, 0.5) is 0 Å². The summed E-state index contributed by atoms with van der Waals surface area (Å²) in [6.07, 6.45) is 0.149. The first-order chi connectivity index (χ1) is 4.66. The molecule has 10 heavy (non-hydrogen) atoms. The van der Waals surface area contributed by atoms with E-state index < -0.39 is 0 Å². The summed E-state index contributed by atoms with van der Waals surface area (Å²) in [6, 6.07) is 0.110. The fourth-order valence-electron chi connectivity index (χ4n) is 0.599. The van der Waals surface area contributed by atoms with Gasteiger partial charge in [0.1, 0.15) is 0 Å². The van der Waals surface area contributed by atoms with Crippen molar-refractivity contribution in [1.29, 1.82) is 0 Å². The first-order valence-electron chi connectivity index (χ1n) is 3.53. The molecule has 0 aliphatic rings. The van der Waals surface area contributed by atoms with Crippen LogP contribution in [0.3, 0.4) is 0 Å². The summed E-state index contributed by atoms with van der Waals surface area (Å²) >= 11 is 0. The summed E-state index contributed by atoms with van der Waals surface area (Å²) in [5.74, 6) is 0. The third kappa shape index (κ3) is 6.01. The molecule has 0 amide bonds. The van der Waals surface area contributed by atoms with Gasteiger partial charge in [-0.15, -0.1) is 0 Å². The Balaban J connectivity index is 3.12. The Morgan fingerprint density at radius 1 is 1.30 bits per heavy atom. The molecular formula is C7H17NO2. The van der Waals surface area contributed by atoms with Crippen molar-refractivity contribution in [3.8, 4) is 0 Å². The highest BCUT2D eigenvalue weighted by atomic mass is 16.5. The van der Waals surface area contributed by atoms with Crippen LogP contribution in [-0.2, 0) is 9.47 Å². The minimum absolute atomic E-state index is 0.110. The molecule has 3 nitrogen and oxygen atoms in total. The normalized spacial score (nSPS) is 16.8. The average molecular weight is 147 g/mol. The molecule has 0 fully saturated rings. The number of nitrogens with two attached hydrogens (primary N) is 1. The predicted molar refractivity (Wildman–Crippen MR) is 40.9 cm³/mol. The van der Waals surface area contributed by atoms with Crippen LogP contribution in [0.5, 0.6) is 0 Å². The van der Waals surface area contributed by atoms with E-state index in [4.69, 9.17) is 15.2 Å². The third-order valence-electron chi connectivity index (χ3n) is 1.05. The zero-order valence-corrected chi connectivity index (χ0v) is 6.96. The topological polar surface area (TPSA) is 44.5 Å². The smallest absolute Gasteiger partial charge is 0.0781 e. The lowest BCUT2D eigenvalue weighted by Crippen LogP contribution is -2.26. The fraction of sp³-hybridized carbons (Fsp3) is 1.00. The van der Waals surface area contributed by atoms with E-state index in [1.807, 2.05) is 13.8 Å². The van der Waals surface area contributed by atoms with Crippen LogP contribution >= 0.6 is 0 Å². The molecule has 0 saturated carbocycles. The van der Waals surface area contributed by atoms with E-state index in [0.717, 1.165) is 0 Å². The molecule has 0 aromatic heterocycles. The van der Waals surface area contributed by atoms with Crippen molar-refractivity contribution in [1.82, 2.24) is 0 Å². The first kappa shape index (κ1) is 9.88. The predicted octanol–water partition coefficient (Wildman–Crippen LogP) is 0.385. The van der Waals surface area contributed by atoms with Crippen LogP contribution in [0.2, 0.25) is 0 Å². The standard InChI is InChI=1S/C7H17NO2/c1-6(8)4-10-7(2)5-9-3/h6-7H,4-5,8H2,1-3H3/t6-,7?/m0/s1. The van der Waals surface area contributed by atoms with E-state index >= 15 is 0 Å². The van der Waals surface area contributed by atoms with Crippen LogP contribution < -0.4 is 5.73 Å². The van der Waals surface area contributed by atoms with Gasteiger partial charge in [0, 0.05) is 13.2 Å². The van der Waals surface area contributed by atoms with E-state index in [0.29, 0.717) is 13.2 Å². The van der Waals surface area contributed by atoms with E-state index in [2.05, 4.69) is 0 Å². The SMILES string of the molecule is COCC(C)OC[C@H](C)N.